The van der Waals surface area contributed by atoms with Crippen LogP contribution in [-0.2, 0) is 6.18 Å². The van der Waals surface area contributed by atoms with E-state index < -0.39 is 17.8 Å². The van der Waals surface area contributed by atoms with Gasteiger partial charge in [-0.3, -0.25) is 9.36 Å². The van der Waals surface area contributed by atoms with Gasteiger partial charge < -0.3 is 5.73 Å². The average Bonchev–Trinajstić information content (AvgIpc) is 3.03. The van der Waals surface area contributed by atoms with Crippen LogP contribution < -0.4 is 5.73 Å². The van der Waals surface area contributed by atoms with Crippen molar-refractivity contribution in [3.8, 4) is 0 Å². The zero-order valence-electron chi connectivity index (χ0n) is 11.3. The Morgan fingerprint density at radius 2 is 1.86 bits per heavy atom. The summed E-state index contributed by atoms with van der Waals surface area (Å²) in [4.78, 5) is 12.5. The molecular weight excluding hydrogens is 281 g/mol. The second-order valence-corrected chi connectivity index (χ2v) is 5.50. The predicted molar refractivity (Wildman–Crippen MR) is 73.9 cm³/mol. The Hall–Kier alpha value is -1.98. The van der Waals surface area contributed by atoms with Crippen molar-refractivity contribution in [2.24, 2.45) is 5.92 Å². The molecule has 3 nitrogen and oxygen atoms in total. The molecule has 6 heteroatoms. The highest BCUT2D eigenvalue weighted by Gasteiger charge is 2.38. The Kier molecular flexibility index (Phi) is 3.19. The fourth-order valence-electron chi connectivity index (χ4n) is 3.04. The van der Waals surface area contributed by atoms with E-state index in [1.54, 1.807) is 0 Å². The summed E-state index contributed by atoms with van der Waals surface area (Å²) in [6.07, 6.45) is -1.47. The van der Waals surface area contributed by atoms with Gasteiger partial charge in [-0.05, 0) is 37.1 Å². The minimum atomic E-state index is -4.57. The van der Waals surface area contributed by atoms with Crippen molar-refractivity contribution in [3.05, 3.63) is 30.0 Å². The van der Waals surface area contributed by atoms with Crippen LogP contribution in [0.3, 0.4) is 0 Å². The highest BCUT2D eigenvalue weighted by atomic mass is 19.4. The van der Waals surface area contributed by atoms with E-state index in [0.717, 1.165) is 23.5 Å². The monoisotopic (exact) mass is 296 g/mol. The van der Waals surface area contributed by atoms with Crippen LogP contribution >= 0.6 is 0 Å². The highest BCUT2D eigenvalue weighted by Crippen LogP contribution is 2.37. The molecule has 2 N–H and O–H groups in total. The first-order chi connectivity index (χ1) is 9.88. The number of fused-ring (bicyclic) bond motifs is 1. The summed E-state index contributed by atoms with van der Waals surface area (Å²) in [6, 6.07) is 5.45. The van der Waals surface area contributed by atoms with Crippen LogP contribution in [0.2, 0.25) is 0 Å². The van der Waals surface area contributed by atoms with E-state index >= 15 is 0 Å². The van der Waals surface area contributed by atoms with E-state index in [4.69, 9.17) is 5.73 Å². The van der Waals surface area contributed by atoms with E-state index in [9.17, 15) is 18.0 Å². The van der Waals surface area contributed by atoms with Crippen molar-refractivity contribution in [3.63, 3.8) is 0 Å². The summed E-state index contributed by atoms with van der Waals surface area (Å²) in [7, 11) is 0. The number of hydrogen-bond donors (Lipinski definition) is 1. The van der Waals surface area contributed by atoms with E-state index in [1.807, 2.05) is 0 Å². The first-order valence-corrected chi connectivity index (χ1v) is 6.90. The molecule has 3 rings (SSSR count). The molecule has 21 heavy (non-hydrogen) atoms. The van der Waals surface area contributed by atoms with Gasteiger partial charge in [-0.1, -0.05) is 12.8 Å². The molecule has 0 atom stereocenters. The van der Waals surface area contributed by atoms with Gasteiger partial charge in [-0.2, -0.15) is 13.2 Å². The van der Waals surface area contributed by atoms with Gasteiger partial charge in [0.25, 0.3) is 0 Å². The minimum absolute atomic E-state index is 0.272. The zero-order valence-corrected chi connectivity index (χ0v) is 11.3. The van der Waals surface area contributed by atoms with Crippen LogP contribution in [0.5, 0.6) is 0 Å². The normalized spacial score (nSPS) is 16.7. The van der Waals surface area contributed by atoms with Gasteiger partial charge >= 0.3 is 6.18 Å². The number of rotatable bonds is 1. The average molecular weight is 296 g/mol. The van der Waals surface area contributed by atoms with Crippen molar-refractivity contribution < 1.29 is 18.0 Å². The molecule has 2 aromatic rings. The van der Waals surface area contributed by atoms with Crippen LogP contribution in [0.15, 0.2) is 24.3 Å². The first-order valence-electron chi connectivity index (χ1n) is 6.90. The Morgan fingerprint density at radius 1 is 1.19 bits per heavy atom. The molecular formula is C15H15F3N2O. The maximum absolute atomic E-state index is 13.2. The number of carbonyl (C=O) groups is 1. The van der Waals surface area contributed by atoms with Gasteiger partial charge in [-0.15, -0.1) is 0 Å². The van der Waals surface area contributed by atoms with E-state index in [1.165, 1.54) is 18.2 Å². The number of nitrogens with two attached hydrogens (primary N) is 1. The molecule has 1 aromatic carbocycles. The Morgan fingerprint density at radius 3 is 2.48 bits per heavy atom. The topological polar surface area (TPSA) is 48.0 Å². The molecule has 1 saturated carbocycles. The number of nitrogens with zero attached hydrogens (tertiary/aromatic N) is 1. The molecule has 1 aliphatic carbocycles. The van der Waals surface area contributed by atoms with Gasteiger partial charge in [-0.25, -0.2) is 0 Å². The van der Waals surface area contributed by atoms with Crippen molar-refractivity contribution in [2.45, 2.75) is 31.9 Å². The number of carbonyl (C=O) groups excluding carboxylic acids is 1. The zero-order chi connectivity index (χ0) is 15.2. The van der Waals surface area contributed by atoms with Crippen LogP contribution in [0.25, 0.3) is 10.9 Å². The van der Waals surface area contributed by atoms with Crippen molar-refractivity contribution >= 4 is 22.5 Å². The van der Waals surface area contributed by atoms with E-state index in [0.29, 0.717) is 23.9 Å². The van der Waals surface area contributed by atoms with Crippen molar-refractivity contribution in [2.75, 3.05) is 5.73 Å². The third kappa shape index (κ3) is 2.39. The van der Waals surface area contributed by atoms with Gasteiger partial charge in [0.2, 0.25) is 5.91 Å². The van der Waals surface area contributed by atoms with Crippen molar-refractivity contribution in [1.82, 2.24) is 4.57 Å². The summed E-state index contributed by atoms with van der Waals surface area (Å²) in [5, 5.41) is 0.341. The van der Waals surface area contributed by atoms with Gasteiger partial charge in [0, 0.05) is 17.0 Å². The molecule has 0 radical (unpaired) electrons. The SMILES string of the molecule is Nc1ccc2c(c1)cc(C(F)(F)F)n2C(=O)C1CCCC1. The largest absolute Gasteiger partial charge is 0.431 e. The summed E-state index contributed by atoms with van der Waals surface area (Å²) in [5.74, 6) is -0.779. The number of benzene rings is 1. The fraction of sp³-hybridized carbons (Fsp3) is 0.400. The standard InChI is InChI=1S/C15H15F3N2O/c16-15(17,18)13-8-10-7-11(19)5-6-12(10)20(13)14(21)9-3-1-2-4-9/h5-9H,1-4,19H2. The van der Waals surface area contributed by atoms with Crippen LogP contribution in [0.4, 0.5) is 18.9 Å². The quantitative estimate of drug-likeness (QED) is 0.806. The molecule has 0 bridgehead atoms. The van der Waals surface area contributed by atoms with Crippen LogP contribution in [-0.4, -0.2) is 10.5 Å². The lowest BCUT2D eigenvalue weighted by molar-refractivity contribution is -0.142. The van der Waals surface area contributed by atoms with Gasteiger partial charge in [0.1, 0.15) is 5.69 Å². The summed E-state index contributed by atoms with van der Waals surface area (Å²) in [5.41, 5.74) is 5.35. The third-order valence-corrected chi connectivity index (χ3v) is 4.04. The Labute approximate surface area is 119 Å². The van der Waals surface area contributed by atoms with Crippen LogP contribution in [0, 0.1) is 5.92 Å². The second-order valence-electron chi connectivity index (χ2n) is 5.50. The molecule has 0 saturated heterocycles. The number of anilines is 1. The molecule has 112 valence electrons. The summed E-state index contributed by atoms with van der Waals surface area (Å²) < 4.78 is 40.5. The predicted octanol–water partition coefficient (Wildman–Crippen LogP) is 4.07. The Bertz CT molecular complexity index is 697. The third-order valence-electron chi connectivity index (χ3n) is 4.04. The molecule has 0 amide bonds. The molecule has 1 aromatic heterocycles. The summed E-state index contributed by atoms with van der Waals surface area (Å²) >= 11 is 0. The van der Waals surface area contributed by atoms with Gasteiger partial charge in [0.05, 0.1) is 5.52 Å². The van der Waals surface area contributed by atoms with E-state index in [-0.39, 0.29) is 11.4 Å². The minimum Gasteiger partial charge on any atom is -0.399 e. The molecule has 0 aliphatic heterocycles. The lowest BCUT2D eigenvalue weighted by Crippen LogP contribution is -2.24. The molecule has 0 unspecified atom stereocenters. The van der Waals surface area contributed by atoms with E-state index in [2.05, 4.69) is 0 Å². The maximum atomic E-state index is 13.2. The Balaban J connectivity index is 2.20. The first kappa shape index (κ1) is 14.0. The second kappa shape index (κ2) is 4.79. The lowest BCUT2D eigenvalue weighted by Gasteiger charge is -2.15. The number of nitrogen functional groups attached to an aromatic ring is 1. The molecule has 1 fully saturated rings. The van der Waals surface area contributed by atoms with Crippen molar-refractivity contribution in [1.29, 1.82) is 0 Å². The number of aromatic nitrogens is 1. The van der Waals surface area contributed by atoms with Gasteiger partial charge in [0.15, 0.2) is 0 Å². The summed E-state index contributed by atoms with van der Waals surface area (Å²) in [6.45, 7) is 0. The fourth-order valence-corrected chi connectivity index (χ4v) is 3.04. The molecule has 1 heterocycles. The molecule has 0 spiro atoms. The molecule has 1 aliphatic rings. The smallest absolute Gasteiger partial charge is 0.399 e. The lowest BCUT2D eigenvalue weighted by atomic mass is 10.1. The highest BCUT2D eigenvalue weighted by molar-refractivity contribution is 5.96. The number of alkyl halides is 3. The maximum Gasteiger partial charge on any atom is 0.431 e. The number of halogens is 3. The number of hydrogen-bond acceptors (Lipinski definition) is 2. The van der Waals surface area contributed by atoms with Crippen LogP contribution in [0.1, 0.15) is 36.2 Å².